The van der Waals surface area contributed by atoms with E-state index in [0.29, 0.717) is 18.6 Å². The number of rotatable bonds is 7. The van der Waals surface area contributed by atoms with Gasteiger partial charge in [-0.3, -0.25) is 4.84 Å². The summed E-state index contributed by atoms with van der Waals surface area (Å²) in [5.41, 5.74) is 4.45. The molecule has 0 radical (unpaired) electrons. The number of nitrogens with one attached hydrogen (secondary N) is 1. The van der Waals surface area contributed by atoms with Crippen molar-refractivity contribution >= 4 is 0 Å². The minimum Gasteiger partial charge on any atom is -0.303 e. The van der Waals surface area contributed by atoms with Crippen LogP contribution < -0.4 is 5.48 Å². The summed E-state index contributed by atoms with van der Waals surface area (Å²) in [4.78, 5) is 8.25. The lowest BCUT2D eigenvalue weighted by Gasteiger charge is -2.35. The fourth-order valence-corrected chi connectivity index (χ4v) is 2.95. The first-order valence-electron chi connectivity index (χ1n) is 7.93. The number of hydroxylamine groups is 1. The van der Waals surface area contributed by atoms with Crippen LogP contribution in [0.15, 0.2) is 30.3 Å². The average Bonchev–Trinajstić information content (AvgIpc) is 2.49. The summed E-state index contributed by atoms with van der Waals surface area (Å²) in [6, 6.07) is 10.7. The summed E-state index contributed by atoms with van der Waals surface area (Å²) in [6.07, 6.45) is 3.87. The van der Waals surface area contributed by atoms with E-state index >= 15 is 0 Å². The van der Waals surface area contributed by atoms with Gasteiger partial charge in [0.2, 0.25) is 0 Å². The molecule has 1 fully saturated rings. The normalized spacial score (nSPS) is 21.8. The Morgan fingerprint density at radius 3 is 2.90 bits per heavy atom. The molecule has 112 valence electrons. The van der Waals surface area contributed by atoms with Crippen LogP contribution in [-0.2, 0) is 11.4 Å². The van der Waals surface area contributed by atoms with Crippen LogP contribution in [0.5, 0.6) is 0 Å². The van der Waals surface area contributed by atoms with Crippen molar-refractivity contribution in [1.82, 2.24) is 10.4 Å². The topological polar surface area (TPSA) is 24.5 Å². The molecule has 0 spiro atoms. The Labute approximate surface area is 123 Å². The molecule has 1 aliphatic heterocycles. The number of benzene rings is 1. The van der Waals surface area contributed by atoms with E-state index < -0.39 is 0 Å². The number of piperidine rings is 1. The lowest BCUT2D eigenvalue weighted by molar-refractivity contribution is -0.0158. The Morgan fingerprint density at radius 1 is 1.35 bits per heavy atom. The van der Waals surface area contributed by atoms with Crippen LogP contribution in [-0.4, -0.2) is 30.6 Å². The van der Waals surface area contributed by atoms with Crippen LogP contribution in [0.4, 0.5) is 0 Å². The van der Waals surface area contributed by atoms with Gasteiger partial charge in [-0.25, -0.2) is 0 Å². The second kappa shape index (κ2) is 8.40. The van der Waals surface area contributed by atoms with Crippen molar-refractivity contribution in [3.63, 3.8) is 0 Å². The van der Waals surface area contributed by atoms with Crippen molar-refractivity contribution in [3.05, 3.63) is 35.9 Å². The summed E-state index contributed by atoms with van der Waals surface area (Å²) >= 11 is 0. The SMILES string of the molecule is CCCN1CCCC(C(C)NOCc2ccccc2)C1. The third kappa shape index (κ3) is 4.89. The number of nitrogens with zero attached hydrogens (tertiary/aromatic N) is 1. The van der Waals surface area contributed by atoms with Crippen LogP contribution in [0, 0.1) is 5.92 Å². The van der Waals surface area contributed by atoms with Crippen LogP contribution in [0.1, 0.15) is 38.7 Å². The van der Waals surface area contributed by atoms with Crippen LogP contribution in [0.2, 0.25) is 0 Å². The monoisotopic (exact) mass is 276 g/mol. The van der Waals surface area contributed by atoms with E-state index in [4.69, 9.17) is 4.84 Å². The first-order chi connectivity index (χ1) is 9.79. The predicted octanol–water partition coefficient (Wildman–Crippen LogP) is 3.22. The van der Waals surface area contributed by atoms with Crippen molar-refractivity contribution in [2.45, 2.75) is 45.8 Å². The van der Waals surface area contributed by atoms with E-state index in [1.54, 1.807) is 0 Å². The van der Waals surface area contributed by atoms with E-state index in [2.05, 4.69) is 36.4 Å². The van der Waals surface area contributed by atoms with Gasteiger partial charge in [0.1, 0.15) is 0 Å². The van der Waals surface area contributed by atoms with Gasteiger partial charge >= 0.3 is 0 Å². The predicted molar refractivity (Wildman–Crippen MR) is 83.3 cm³/mol. The highest BCUT2D eigenvalue weighted by Crippen LogP contribution is 2.20. The number of hydrogen-bond acceptors (Lipinski definition) is 3. The van der Waals surface area contributed by atoms with E-state index in [0.717, 1.165) is 0 Å². The highest BCUT2D eigenvalue weighted by Gasteiger charge is 2.24. The summed E-state index contributed by atoms with van der Waals surface area (Å²) in [6.45, 7) is 8.84. The lowest BCUT2D eigenvalue weighted by atomic mass is 9.92. The molecule has 20 heavy (non-hydrogen) atoms. The molecule has 1 aromatic rings. The fraction of sp³-hybridized carbons (Fsp3) is 0.647. The zero-order valence-electron chi connectivity index (χ0n) is 12.8. The van der Waals surface area contributed by atoms with Gasteiger partial charge in [-0.05, 0) is 50.8 Å². The third-order valence-electron chi connectivity index (χ3n) is 4.14. The minimum atomic E-state index is 0.415. The largest absolute Gasteiger partial charge is 0.303 e. The minimum absolute atomic E-state index is 0.415. The second-order valence-corrected chi connectivity index (χ2v) is 5.88. The first-order valence-corrected chi connectivity index (χ1v) is 7.93. The van der Waals surface area contributed by atoms with Crippen molar-refractivity contribution < 1.29 is 4.84 Å². The van der Waals surface area contributed by atoms with Crippen LogP contribution >= 0.6 is 0 Å². The molecule has 0 aromatic heterocycles. The quantitative estimate of drug-likeness (QED) is 0.774. The maximum Gasteiger partial charge on any atom is 0.0933 e. The molecule has 2 unspecified atom stereocenters. The van der Waals surface area contributed by atoms with Gasteiger partial charge in [0.15, 0.2) is 0 Å². The zero-order chi connectivity index (χ0) is 14.2. The van der Waals surface area contributed by atoms with Crippen molar-refractivity contribution in [1.29, 1.82) is 0 Å². The molecule has 1 aromatic carbocycles. The molecule has 3 nitrogen and oxygen atoms in total. The third-order valence-corrected chi connectivity index (χ3v) is 4.14. The van der Waals surface area contributed by atoms with Gasteiger partial charge in [0.05, 0.1) is 6.61 Å². The highest BCUT2D eigenvalue weighted by molar-refractivity contribution is 5.13. The smallest absolute Gasteiger partial charge is 0.0933 e. The molecular weight excluding hydrogens is 248 g/mol. The summed E-state index contributed by atoms with van der Waals surface area (Å²) < 4.78 is 0. The molecule has 2 rings (SSSR count). The van der Waals surface area contributed by atoms with Gasteiger partial charge in [-0.2, -0.15) is 5.48 Å². The molecule has 1 N–H and O–H groups in total. The van der Waals surface area contributed by atoms with Crippen LogP contribution in [0.3, 0.4) is 0 Å². The van der Waals surface area contributed by atoms with Crippen molar-refractivity contribution in [2.24, 2.45) is 5.92 Å². The van der Waals surface area contributed by atoms with Gasteiger partial charge in [-0.15, -0.1) is 0 Å². The maximum atomic E-state index is 5.66. The molecular formula is C17H28N2O. The molecule has 1 saturated heterocycles. The maximum absolute atomic E-state index is 5.66. The van der Waals surface area contributed by atoms with E-state index in [1.165, 1.54) is 44.5 Å². The van der Waals surface area contributed by atoms with Crippen molar-refractivity contribution in [2.75, 3.05) is 19.6 Å². The van der Waals surface area contributed by atoms with E-state index in [9.17, 15) is 0 Å². The van der Waals surface area contributed by atoms with Gasteiger partial charge < -0.3 is 4.90 Å². The summed E-state index contributed by atoms with van der Waals surface area (Å²) in [5.74, 6) is 0.700. The fourth-order valence-electron chi connectivity index (χ4n) is 2.95. The van der Waals surface area contributed by atoms with E-state index in [-0.39, 0.29) is 0 Å². The Balaban J connectivity index is 1.70. The molecule has 3 heteroatoms. The molecule has 0 bridgehead atoms. The summed E-state index contributed by atoms with van der Waals surface area (Å²) in [5, 5.41) is 0. The molecule has 0 amide bonds. The number of likely N-dealkylation sites (tertiary alicyclic amines) is 1. The second-order valence-electron chi connectivity index (χ2n) is 5.88. The van der Waals surface area contributed by atoms with Crippen LogP contribution in [0.25, 0.3) is 0 Å². The highest BCUT2D eigenvalue weighted by atomic mass is 16.6. The van der Waals surface area contributed by atoms with E-state index in [1.807, 2.05) is 18.2 Å². The standard InChI is InChI=1S/C17H28N2O/c1-3-11-19-12-7-10-17(13-19)15(2)18-20-14-16-8-5-4-6-9-16/h4-6,8-9,15,17-18H,3,7,10-14H2,1-2H3. The Bertz CT molecular complexity index is 367. The van der Waals surface area contributed by atoms with Gasteiger partial charge in [-0.1, -0.05) is 37.3 Å². The lowest BCUT2D eigenvalue weighted by Crippen LogP contribution is -2.44. The molecule has 0 saturated carbocycles. The molecule has 1 heterocycles. The zero-order valence-corrected chi connectivity index (χ0v) is 12.8. The van der Waals surface area contributed by atoms with Crippen molar-refractivity contribution in [3.8, 4) is 0 Å². The van der Waals surface area contributed by atoms with Gasteiger partial charge in [0, 0.05) is 12.6 Å². The molecule has 2 atom stereocenters. The molecule has 1 aliphatic rings. The first kappa shape index (κ1) is 15.5. The Morgan fingerprint density at radius 2 is 2.15 bits per heavy atom. The Kier molecular flexibility index (Phi) is 6.51. The summed E-state index contributed by atoms with van der Waals surface area (Å²) in [7, 11) is 0. The number of hydrogen-bond donors (Lipinski definition) is 1. The van der Waals surface area contributed by atoms with Gasteiger partial charge in [0.25, 0.3) is 0 Å². The molecule has 0 aliphatic carbocycles. The Hall–Kier alpha value is -0.900. The average molecular weight is 276 g/mol.